The van der Waals surface area contributed by atoms with Crippen molar-refractivity contribution in [1.82, 2.24) is 13.9 Å². The monoisotopic (exact) mass is 439 g/mol. The van der Waals surface area contributed by atoms with Crippen LogP contribution in [0.3, 0.4) is 0 Å². The molecule has 1 N–H and O–H groups in total. The van der Waals surface area contributed by atoms with E-state index in [4.69, 9.17) is 4.74 Å². The number of piperazine rings is 1. The number of nitrogens with zero attached hydrogens (tertiary/aromatic N) is 2. The number of hydrogen-bond acceptors (Lipinski definition) is 8. The van der Waals surface area contributed by atoms with E-state index < -0.39 is 38.5 Å². The maximum absolute atomic E-state index is 12.0. The van der Waals surface area contributed by atoms with Crippen molar-refractivity contribution < 1.29 is 31.2 Å². The van der Waals surface area contributed by atoms with Crippen LogP contribution in [0.15, 0.2) is 21.7 Å². The molecule has 1 aliphatic heterocycles. The van der Waals surface area contributed by atoms with E-state index in [2.05, 4.69) is 4.72 Å². The van der Waals surface area contributed by atoms with Crippen LogP contribution >= 0.6 is 11.3 Å². The summed E-state index contributed by atoms with van der Waals surface area (Å²) in [5.41, 5.74) is 0. The molecule has 1 fully saturated rings. The first-order valence-corrected chi connectivity index (χ1v) is 12.2. The molecule has 2 rings (SSSR count). The summed E-state index contributed by atoms with van der Waals surface area (Å²) < 4.78 is 55.2. The molecule has 0 atom stereocenters. The highest BCUT2D eigenvalue weighted by Crippen LogP contribution is 2.15. The van der Waals surface area contributed by atoms with E-state index in [1.54, 1.807) is 11.4 Å². The Hall–Kier alpha value is -1.54. The van der Waals surface area contributed by atoms with Crippen LogP contribution in [0.1, 0.15) is 6.42 Å². The number of carbonyl (C=O) groups is 2. The predicted molar refractivity (Wildman–Crippen MR) is 98.1 cm³/mol. The van der Waals surface area contributed by atoms with Crippen molar-refractivity contribution in [3.8, 4) is 0 Å². The zero-order chi connectivity index (χ0) is 20.1. The van der Waals surface area contributed by atoms with Gasteiger partial charge in [-0.1, -0.05) is 6.07 Å². The second kappa shape index (κ2) is 9.10. The van der Waals surface area contributed by atoms with Crippen molar-refractivity contribution in [2.45, 2.75) is 10.6 Å². The highest BCUT2D eigenvalue weighted by molar-refractivity contribution is 7.91. The Kier molecular flexibility index (Phi) is 7.33. The molecule has 1 amide bonds. The van der Waals surface area contributed by atoms with Crippen LogP contribution in [0, 0.1) is 0 Å². The van der Waals surface area contributed by atoms with E-state index in [-0.39, 0.29) is 43.4 Å². The van der Waals surface area contributed by atoms with Gasteiger partial charge in [0, 0.05) is 32.7 Å². The molecule has 0 unspecified atom stereocenters. The second-order valence-electron chi connectivity index (χ2n) is 5.78. The smallest absolute Gasteiger partial charge is 0.307 e. The average molecular weight is 440 g/mol. The van der Waals surface area contributed by atoms with Crippen molar-refractivity contribution >= 4 is 43.3 Å². The number of thiophene rings is 1. The topological polar surface area (TPSA) is 130 Å². The maximum Gasteiger partial charge on any atom is 0.307 e. The first-order valence-electron chi connectivity index (χ1n) is 8.01. The number of hydrogen-bond donors (Lipinski definition) is 1. The molecule has 1 aromatic heterocycles. The summed E-state index contributed by atoms with van der Waals surface area (Å²) in [6.07, 6.45) is 0.901. The molecule has 0 bridgehead atoms. The summed E-state index contributed by atoms with van der Waals surface area (Å²) in [6.45, 7) is 0.246. The van der Waals surface area contributed by atoms with Crippen molar-refractivity contribution in [1.29, 1.82) is 0 Å². The molecule has 152 valence electrons. The molecule has 1 aliphatic rings. The van der Waals surface area contributed by atoms with Gasteiger partial charge >= 0.3 is 5.97 Å². The highest BCUT2D eigenvalue weighted by atomic mass is 32.2. The van der Waals surface area contributed by atoms with E-state index in [1.807, 2.05) is 0 Å². The molecule has 0 spiro atoms. The second-order valence-corrected chi connectivity index (χ2v) is 10.7. The van der Waals surface area contributed by atoms with Gasteiger partial charge in [-0.15, -0.1) is 11.3 Å². The Morgan fingerprint density at radius 2 is 1.85 bits per heavy atom. The van der Waals surface area contributed by atoms with Gasteiger partial charge in [0.25, 0.3) is 5.91 Å². The summed E-state index contributed by atoms with van der Waals surface area (Å²) in [5, 5.41) is 1.63. The largest absolute Gasteiger partial charge is 0.456 e. The number of rotatable bonds is 8. The summed E-state index contributed by atoms with van der Waals surface area (Å²) in [5.74, 6) is -1.12. The summed E-state index contributed by atoms with van der Waals surface area (Å²) >= 11 is 1.06. The van der Waals surface area contributed by atoms with Crippen molar-refractivity contribution in [3.05, 3.63) is 17.5 Å². The molecule has 0 aromatic carbocycles. The molecule has 0 aliphatic carbocycles. The van der Waals surface area contributed by atoms with Crippen molar-refractivity contribution in [3.63, 3.8) is 0 Å². The van der Waals surface area contributed by atoms with Gasteiger partial charge in [0.2, 0.25) is 20.0 Å². The summed E-state index contributed by atoms with van der Waals surface area (Å²) in [4.78, 5) is 25.1. The predicted octanol–water partition coefficient (Wildman–Crippen LogP) is -0.936. The zero-order valence-electron chi connectivity index (χ0n) is 14.7. The van der Waals surface area contributed by atoms with Gasteiger partial charge in [0.15, 0.2) is 6.61 Å². The summed E-state index contributed by atoms with van der Waals surface area (Å²) in [6, 6.07) is 3.06. The Morgan fingerprint density at radius 3 is 2.41 bits per heavy atom. The van der Waals surface area contributed by atoms with E-state index in [9.17, 15) is 26.4 Å². The minimum absolute atomic E-state index is 0.139. The highest BCUT2D eigenvalue weighted by Gasteiger charge is 2.26. The van der Waals surface area contributed by atoms with Crippen LogP contribution in [-0.2, 0) is 34.4 Å². The molecule has 13 heteroatoms. The van der Waals surface area contributed by atoms with Gasteiger partial charge in [-0.25, -0.2) is 21.6 Å². The van der Waals surface area contributed by atoms with Gasteiger partial charge in [-0.2, -0.15) is 4.31 Å². The van der Waals surface area contributed by atoms with Gasteiger partial charge in [0.1, 0.15) is 4.21 Å². The third-order valence-electron chi connectivity index (χ3n) is 3.80. The van der Waals surface area contributed by atoms with Crippen LogP contribution in [0.5, 0.6) is 0 Å². The Labute approximate surface area is 162 Å². The molecule has 0 saturated carbocycles. The van der Waals surface area contributed by atoms with E-state index in [1.165, 1.54) is 15.3 Å². The van der Waals surface area contributed by atoms with Crippen molar-refractivity contribution in [2.75, 3.05) is 45.6 Å². The number of amides is 1. The lowest BCUT2D eigenvalue weighted by atomic mass is 10.3. The third kappa shape index (κ3) is 6.53. The molecular formula is C14H21N3O7S3. The fourth-order valence-corrected chi connectivity index (χ4v) is 5.25. The van der Waals surface area contributed by atoms with E-state index in [0.717, 1.165) is 17.6 Å². The number of nitrogens with one attached hydrogen (secondary N) is 1. The quantitative estimate of drug-likeness (QED) is 0.518. The van der Waals surface area contributed by atoms with Crippen LogP contribution in [0.25, 0.3) is 0 Å². The van der Waals surface area contributed by atoms with Gasteiger partial charge in [-0.3, -0.25) is 9.59 Å². The Bertz CT molecular complexity index is 858. The standard InChI is InChI=1S/C14H21N3O7S3/c1-26(20,21)17-8-6-16(7-9-17)12(18)11-24-13(19)4-5-15-27(22,23)14-3-2-10-25-14/h2-3,10,15H,4-9,11H2,1H3. The van der Waals surface area contributed by atoms with Crippen molar-refractivity contribution in [2.24, 2.45) is 0 Å². The Morgan fingerprint density at radius 1 is 1.19 bits per heavy atom. The molecule has 1 aromatic rings. The molecule has 0 radical (unpaired) electrons. The number of ether oxygens (including phenoxy) is 1. The average Bonchev–Trinajstić information content (AvgIpc) is 3.14. The molecule has 1 saturated heterocycles. The lowest BCUT2D eigenvalue weighted by molar-refractivity contribution is -0.152. The van der Waals surface area contributed by atoms with E-state index >= 15 is 0 Å². The lowest BCUT2D eigenvalue weighted by Crippen LogP contribution is -2.51. The number of esters is 1. The zero-order valence-corrected chi connectivity index (χ0v) is 17.1. The molecule has 27 heavy (non-hydrogen) atoms. The maximum atomic E-state index is 12.0. The number of carbonyl (C=O) groups excluding carboxylic acids is 2. The van der Waals surface area contributed by atoms with Crippen LogP contribution in [0.2, 0.25) is 0 Å². The van der Waals surface area contributed by atoms with Gasteiger partial charge in [-0.05, 0) is 11.4 Å². The van der Waals surface area contributed by atoms with Gasteiger partial charge < -0.3 is 9.64 Å². The molecule has 2 heterocycles. The van der Waals surface area contributed by atoms with Crippen LogP contribution in [0.4, 0.5) is 0 Å². The SMILES string of the molecule is CS(=O)(=O)N1CCN(C(=O)COC(=O)CCNS(=O)(=O)c2cccs2)CC1. The normalized spacial score (nSPS) is 16.3. The minimum Gasteiger partial charge on any atom is -0.456 e. The molecular weight excluding hydrogens is 418 g/mol. The first-order chi connectivity index (χ1) is 12.6. The fraction of sp³-hybridized carbons (Fsp3) is 0.571. The van der Waals surface area contributed by atoms with E-state index in [0.29, 0.717) is 0 Å². The minimum atomic E-state index is -3.65. The Balaban J connectivity index is 1.68. The van der Waals surface area contributed by atoms with Crippen LogP contribution in [-0.4, -0.2) is 83.5 Å². The number of sulfonamides is 2. The van der Waals surface area contributed by atoms with Crippen LogP contribution < -0.4 is 4.72 Å². The lowest BCUT2D eigenvalue weighted by Gasteiger charge is -2.33. The molecule has 10 nitrogen and oxygen atoms in total. The third-order valence-corrected chi connectivity index (χ3v) is 7.96. The van der Waals surface area contributed by atoms with Gasteiger partial charge in [0.05, 0.1) is 12.7 Å². The summed E-state index contributed by atoms with van der Waals surface area (Å²) in [7, 11) is -6.93. The fourth-order valence-electron chi connectivity index (χ4n) is 2.35. The first kappa shape index (κ1) is 21.8.